The SMILES string of the molecule is Cc1ccc(C(=O)N(C)C(C)C(=O)O)cc1I. The maximum Gasteiger partial charge on any atom is 0.326 e. The summed E-state index contributed by atoms with van der Waals surface area (Å²) in [5.41, 5.74) is 1.60. The van der Waals surface area contributed by atoms with Crippen LogP contribution in [0.1, 0.15) is 22.8 Å². The van der Waals surface area contributed by atoms with Gasteiger partial charge in [0.15, 0.2) is 0 Å². The van der Waals surface area contributed by atoms with Crippen molar-refractivity contribution in [1.82, 2.24) is 4.90 Å². The Balaban J connectivity index is 2.96. The number of likely N-dealkylation sites (N-methyl/N-ethyl adjacent to an activating group) is 1. The molecule has 1 N–H and O–H groups in total. The molecule has 0 aliphatic heterocycles. The minimum absolute atomic E-state index is 0.280. The van der Waals surface area contributed by atoms with E-state index in [1.165, 1.54) is 18.9 Å². The Morgan fingerprint density at radius 1 is 1.41 bits per heavy atom. The van der Waals surface area contributed by atoms with Crippen molar-refractivity contribution >= 4 is 34.5 Å². The zero-order chi connectivity index (χ0) is 13.2. The first-order chi connectivity index (χ1) is 7.84. The van der Waals surface area contributed by atoms with Crippen LogP contribution in [0.25, 0.3) is 0 Å². The molecular weight excluding hydrogens is 333 g/mol. The van der Waals surface area contributed by atoms with Crippen LogP contribution in [-0.4, -0.2) is 35.0 Å². The van der Waals surface area contributed by atoms with Gasteiger partial charge in [-0.2, -0.15) is 0 Å². The molecule has 0 radical (unpaired) electrons. The number of nitrogens with zero attached hydrogens (tertiary/aromatic N) is 1. The third-order valence-corrected chi connectivity index (χ3v) is 3.84. The lowest BCUT2D eigenvalue weighted by molar-refractivity contribution is -0.141. The van der Waals surface area contributed by atoms with Gasteiger partial charge in [0.05, 0.1) is 0 Å². The van der Waals surface area contributed by atoms with E-state index in [0.717, 1.165) is 9.13 Å². The smallest absolute Gasteiger partial charge is 0.326 e. The Labute approximate surface area is 114 Å². The second kappa shape index (κ2) is 5.48. The molecule has 0 bridgehead atoms. The van der Waals surface area contributed by atoms with Crippen LogP contribution in [-0.2, 0) is 4.79 Å². The molecule has 0 aromatic heterocycles. The highest BCUT2D eigenvalue weighted by Gasteiger charge is 2.22. The lowest BCUT2D eigenvalue weighted by Crippen LogP contribution is -2.40. The molecule has 0 aliphatic rings. The lowest BCUT2D eigenvalue weighted by Gasteiger charge is -2.21. The van der Waals surface area contributed by atoms with Crippen molar-refractivity contribution in [3.8, 4) is 0 Å². The Morgan fingerprint density at radius 2 is 2.00 bits per heavy atom. The van der Waals surface area contributed by atoms with Gasteiger partial charge < -0.3 is 10.0 Å². The van der Waals surface area contributed by atoms with Crippen LogP contribution in [0.3, 0.4) is 0 Å². The normalized spacial score (nSPS) is 12.0. The minimum Gasteiger partial charge on any atom is -0.480 e. The van der Waals surface area contributed by atoms with E-state index in [2.05, 4.69) is 22.6 Å². The number of amides is 1. The van der Waals surface area contributed by atoms with Crippen LogP contribution < -0.4 is 0 Å². The third-order valence-electron chi connectivity index (χ3n) is 2.68. The Kier molecular flexibility index (Phi) is 4.50. The number of carbonyl (C=O) groups excluding carboxylic acids is 1. The van der Waals surface area contributed by atoms with Gasteiger partial charge in [0, 0.05) is 16.2 Å². The van der Waals surface area contributed by atoms with Gasteiger partial charge in [-0.3, -0.25) is 4.79 Å². The Bertz CT molecular complexity index is 459. The number of aliphatic carboxylic acids is 1. The molecule has 1 amide bonds. The fourth-order valence-electron chi connectivity index (χ4n) is 1.27. The molecule has 92 valence electrons. The third kappa shape index (κ3) is 3.18. The molecule has 5 heteroatoms. The fourth-order valence-corrected chi connectivity index (χ4v) is 1.79. The number of aryl methyl sites for hydroxylation is 1. The molecule has 0 aliphatic carbocycles. The van der Waals surface area contributed by atoms with E-state index in [-0.39, 0.29) is 5.91 Å². The van der Waals surface area contributed by atoms with Crippen molar-refractivity contribution in [2.24, 2.45) is 0 Å². The first-order valence-corrected chi connectivity index (χ1v) is 6.18. The van der Waals surface area contributed by atoms with Gasteiger partial charge in [0.2, 0.25) is 0 Å². The molecule has 0 spiro atoms. The van der Waals surface area contributed by atoms with Crippen LogP contribution in [0.5, 0.6) is 0 Å². The van der Waals surface area contributed by atoms with E-state index >= 15 is 0 Å². The van der Waals surface area contributed by atoms with Gasteiger partial charge in [0.1, 0.15) is 6.04 Å². The van der Waals surface area contributed by atoms with Gasteiger partial charge in [0.25, 0.3) is 5.91 Å². The minimum atomic E-state index is -1.01. The van der Waals surface area contributed by atoms with Gasteiger partial charge >= 0.3 is 5.97 Å². The first kappa shape index (κ1) is 14.0. The summed E-state index contributed by atoms with van der Waals surface area (Å²) < 4.78 is 0.991. The summed E-state index contributed by atoms with van der Waals surface area (Å²) in [6, 6.07) is 4.50. The summed E-state index contributed by atoms with van der Waals surface area (Å²) in [4.78, 5) is 24.0. The molecule has 0 fully saturated rings. The largest absolute Gasteiger partial charge is 0.480 e. The zero-order valence-electron chi connectivity index (χ0n) is 9.90. The molecule has 4 nitrogen and oxygen atoms in total. The van der Waals surface area contributed by atoms with Crippen LogP contribution in [0, 0.1) is 10.5 Å². The highest BCUT2D eigenvalue weighted by atomic mass is 127. The number of carbonyl (C=O) groups is 2. The van der Waals surface area contributed by atoms with E-state index < -0.39 is 12.0 Å². The number of halogens is 1. The topological polar surface area (TPSA) is 57.6 Å². The molecule has 0 heterocycles. The van der Waals surface area contributed by atoms with Crippen LogP contribution in [0.4, 0.5) is 0 Å². The second-order valence-corrected chi connectivity index (χ2v) is 5.06. The van der Waals surface area contributed by atoms with E-state index in [1.807, 2.05) is 13.0 Å². The summed E-state index contributed by atoms with van der Waals surface area (Å²) in [5.74, 6) is -1.29. The summed E-state index contributed by atoms with van der Waals surface area (Å²) in [7, 11) is 1.49. The molecule has 1 unspecified atom stereocenters. The molecule has 1 atom stereocenters. The first-order valence-electron chi connectivity index (χ1n) is 5.10. The molecule has 0 saturated carbocycles. The van der Waals surface area contributed by atoms with Crippen molar-refractivity contribution in [1.29, 1.82) is 0 Å². The number of carboxylic acid groups (broad SMARTS) is 1. The van der Waals surface area contributed by atoms with E-state index in [9.17, 15) is 9.59 Å². The maximum absolute atomic E-state index is 12.0. The van der Waals surface area contributed by atoms with Crippen LogP contribution in [0.2, 0.25) is 0 Å². The van der Waals surface area contributed by atoms with E-state index in [4.69, 9.17) is 5.11 Å². The average molecular weight is 347 g/mol. The van der Waals surface area contributed by atoms with Crippen LogP contribution in [0.15, 0.2) is 18.2 Å². The molecule has 1 rings (SSSR count). The predicted molar refractivity (Wildman–Crippen MR) is 73.1 cm³/mol. The lowest BCUT2D eigenvalue weighted by atomic mass is 10.1. The number of hydrogen-bond acceptors (Lipinski definition) is 2. The number of rotatable bonds is 3. The van der Waals surface area contributed by atoms with Crippen molar-refractivity contribution < 1.29 is 14.7 Å². The number of carboxylic acids is 1. The summed E-state index contributed by atoms with van der Waals surface area (Å²) in [6.45, 7) is 3.44. The monoisotopic (exact) mass is 347 g/mol. The quantitative estimate of drug-likeness (QED) is 0.853. The van der Waals surface area contributed by atoms with Gasteiger partial charge in [-0.1, -0.05) is 6.07 Å². The van der Waals surface area contributed by atoms with E-state index in [0.29, 0.717) is 5.56 Å². The zero-order valence-corrected chi connectivity index (χ0v) is 12.1. The van der Waals surface area contributed by atoms with Crippen molar-refractivity contribution in [2.75, 3.05) is 7.05 Å². The molecular formula is C12H14INO3. The fraction of sp³-hybridized carbons (Fsp3) is 0.333. The van der Waals surface area contributed by atoms with Gasteiger partial charge in [-0.15, -0.1) is 0 Å². The standard InChI is InChI=1S/C12H14INO3/c1-7-4-5-9(6-10(7)13)11(15)14(3)8(2)12(16)17/h4-6,8H,1-3H3,(H,16,17). The average Bonchev–Trinajstić information content (AvgIpc) is 2.29. The summed E-state index contributed by atoms with van der Waals surface area (Å²) in [5, 5.41) is 8.85. The molecule has 1 aromatic rings. The van der Waals surface area contributed by atoms with Crippen molar-refractivity contribution in [2.45, 2.75) is 19.9 Å². The van der Waals surface area contributed by atoms with Crippen molar-refractivity contribution in [3.63, 3.8) is 0 Å². The summed E-state index contributed by atoms with van der Waals surface area (Å²) in [6.07, 6.45) is 0. The predicted octanol–water partition coefficient (Wildman–Crippen LogP) is 2.14. The highest BCUT2D eigenvalue weighted by molar-refractivity contribution is 14.1. The molecule has 0 saturated heterocycles. The second-order valence-electron chi connectivity index (χ2n) is 3.89. The maximum atomic E-state index is 12.0. The Morgan fingerprint density at radius 3 is 2.47 bits per heavy atom. The van der Waals surface area contributed by atoms with Gasteiger partial charge in [-0.05, 0) is 54.1 Å². The van der Waals surface area contributed by atoms with Crippen molar-refractivity contribution in [3.05, 3.63) is 32.9 Å². The number of benzene rings is 1. The molecule has 1 aromatic carbocycles. The molecule has 17 heavy (non-hydrogen) atoms. The summed E-state index contributed by atoms with van der Waals surface area (Å²) >= 11 is 2.15. The number of hydrogen-bond donors (Lipinski definition) is 1. The van der Waals surface area contributed by atoms with E-state index in [1.54, 1.807) is 12.1 Å². The van der Waals surface area contributed by atoms with Gasteiger partial charge in [-0.25, -0.2) is 4.79 Å². The highest BCUT2D eigenvalue weighted by Crippen LogP contribution is 2.15. The van der Waals surface area contributed by atoms with Crippen LogP contribution >= 0.6 is 22.6 Å². The Hall–Kier alpha value is -1.11.